The molecule has 0 aliphatic rings. The molecule has 0 aliphatic heterocycles. The molecule has 1 unspecified atom stereocenters. The molecule has 2 amide bonds. The zero-order valence-electron chi connectivity index (χ0n) is 12.7. The minimum absolute atomic E-state index is 0.0294. The first-order valence-electron chi connectivity index (χ1n) is 6.85. The molecular weight excluding hydrogens is 336 g/mol. The van der Waals surface area contributed by atoms with Crippen LogP contribution in [0.5, 0.6) is 0 Å². The summed E-state index contributed by atoms with van der Waals surface area (Å²) in [6.07, 6.45) is 1.61. The number of nitrogens with zero attached hydrogens (tertiary/aromatic N) is 1. The van der Waals surface area contributed by atoms with Gasteiger partial charge in [0, 0.05) is 23.3 Å². The number of hydrogen-bond donors (Lipinski definition) is 3. The van der Waals surface area contributed by atoms with Crippen LogP contribution in [0.1, 0.15) is 38.1 Å². The molecule has 1 heterocycles. The average molecular weight is 357 g/mol. The molecule has 6 nitrogen and oxygen atoms in total. The van der Waals surface area contributed by atoms with Gasteiger partial charge in [0.2, 0.25) is 5.91 Å². The first-order valence-corrected chi connectivity index (χ1v) is 7.65. The van der Waals surface area contributed by atoms with Gasteiger partial charge in [0.25, 0.3) is 5.91 Å². The highest BCUT2D eigenvalue weighted by Gasteiger charge is 2.19. The second-order valence-corrected chi connectivity index (χ2v) is 5.85. The molecule has 0 spiro atoms. The fraction of sp³-hybridized carbons (Fsp3) is 0.500. The third kappa shape index (κ3) is 5.34. The van der Waals surface area contributed by atoms with Crippen molar-refractivity contribution in [2.75, 3.05) is 11.9 Å². The average Bonchev–Trinajstić information content (AvgIpc) is 2.40. The van der Waals surface area contributed by atoms with Crippen LogP contribution >= 0.6 is 15.9 Å². The first kappa shape index (κ1) is 17.4. The molecule has 1 aromatic rings. The zero-order valence-corrected chi connectivity index (χ0v) is 14.2. The number of pyridine rings is 1. The van der Waals surface area contributed by atoms with E-state index >= 15 is 0 Å². The maximum atomic E-state index is 12.3. The third-order valence-corrected chi connectivity index (χ3v) is 3.05. The van der Waals surface area contributed by atoms with Crippen LogP contribution in [-0.4, -0.2) is 35.4 Å². The van der Waals surface area contributed by atoms with Gasteiger partial charge in [0.1, 0.15) is 11.9 Å². The Morgan fingerprint density at radius 1 is 1.29 bits per heavy atom. The Morgan fingerprint density at radius 3 is 2.52 bits per heavy atom. The molecule has 1 atom stereocenters. The van der Waals surface area contributed by atoms with Gasteiger partial charge in [-0.2, -0.15) is 0 Å². The zero-order chi connectivity index (χ0) is 16.0. The Morgan fingerprint density at radius 2 is 1.95 bits per heavy atom. The number of amides is 2. The monoisotopic (exact) mass is 356 g/mol. The van der Waals surface area contributed by atoms with E-state index in [1.54, 1.807) is 19.2 Å². The second kappa shape index (κ2) is 7.97. The number of carbonyl (C=O) groups excluding carboxylic acids is 2. The minimum atomic E-state index is -0.617. The lowest BCUT2D eigenvalue weighted by molar-refractivity contribution is -0.123. The van der Waals surface area contributed by atoms with E-state index in [0.717, 1.165) is 0 Å². The summed E-state index contributed by atoms with van der Waals surface area (Å²) in [7, 11) is 0. The van der Waals surface area contributed by atoms with Gasteiger partial charge in [-0.15, -0.1) is 0 Å². The maximum Gasteiger partial charge on any atom is 0.255 e. The van der Waals surface area contributed by atoms with Gasteiger partial charge >= 0.3 is 0 Å². The Hall–Kier alpha value is -1.63. The Balaban J connectivity index is 2.83. The highest BCUT2D eigenvalue weighted by atomic mass is 79.9. The van der Waals surface area contributed by atoms with E-state index < -0.39 is 6.04 Å². The van der Waals surface area contributed by atoms with E-state index in [0.29, 0.717) is 22.4 Å². The van der Waals surface area contributed by atoms with Gasteiger partial charge < -0.3 is 16.0 Å². The molecule has 21 heavy (non-hydrogen) atoms. The van der Waals surface area contributed by atoms with Gasteiger partial charge in [0.15, 0.2) is 0 Å². The quantitative estimate of drug-likeness (QED) is 0.726. The fourth-order valence-corrected chi connectivity index (χ4v) is 2.00. The summed E-state index contributed by atoms with van der Waals surface area (Å²) in [5, 5.41) is 8.46. The van der Waals surface area contributed by atoms with E-state index in [2.05, 4.69) is 36.9 Å². The number of halogens is 1. The van der Waals surface area contributed by atoms with Crippen molar-refractivity contribution in [3.05, 3.63) is 22.3 Å². The molecule has 1 aromatic heterocycles. The smallest absolute Gasteiger partial charge is 0.255 e. The summed E-state index contributed by atoms with van der Waals surface area (Å²) >= 11 is 3.29. The van der Waals surface area contributed by atoms with E-state index in [4.69, 9.17) is 0 Å². The van der Waals surface area contributed by atoms with E-state index in [1.807, 2.05) is 20.8 Å². The standard InChI is InChI=1S/C14H21BrN4O2/c1-5-16-12-11(6-10(15)7-17-12)14(21)19-9(4)13(20)18-8(2)3/h6-9H,5H2,1-4H3,(H,16,17)(H,18,20)(H,19,21). The molecule has 0 bridgehead atoms. The molecule has 1 rings (SSSR count). The number of anilines is 1. The molecule has 7 heteroatoms. The fourth-order valence-electron chi connectivity index (χ4n) is 1.67. The highest BCUT2D eigenvalue weighted by Crippen LogP contribution is 2.18. The number of aromatic nitrogens is 1. The van der Waals surface area contributed by atoms with Crippen molar-refractivity contribution in [2.45, 2.75) is 39.8 Å². The van der Waals surface area contributed by atoms with Crippen LogP contribution in [0.4, 0.5) is 5.82 Å². The molecule has 0 saturated carbocycles. The topological polar surface area (TPSA) is 83.1 Å². The molecule has 0 fully saturated rings. The van der Waals surface area contributed by atoms with Gasteiger partial charge in [-0.25, -0.2) is 4.98 Å². The molecule has 0 aromatic carbocycles. The van der Waals surface area contributed by atoms with E-state index in [9.17, 15) is 9.59 Å². The summed E-state index contributed by atoms with van der Waals surface area (Å²) in [5.41, 5.74) is 0.399. The van der Waals surface area contributed by atoms with Crippen LogP contribution in [0.3, 0.4) is 0 Å². The SMILES string of the molecule is CCNc1ncc(Br)cc1C(=O)NC(C)C(=O)NC(C)C. The predicted octanol–water partition coefficient (Wildman–Crippen LogP) is 1.92. The summed E-state index contributed by atoms with van der Waals surface area (Å²) in [6, 6.07) is 1.09. The van der Waals surface area contributed by atoms with Crippen molar-refractivity contribution in [1.29, 1.82) is 0 Å². The summed E-state index contributed by atoms with van der Waals surface area (Å²) in [5.74, 6) is -0.0628. The van der Waals surface area contributed by atoms with Crippen LogP contribution in [-0.2, 0) is 4.79 Å². The molecule has 0 saturated heterocycles. The Bertz CT molecular complexity index is 520. The molecule has 0 aliphatic carbocycles. The van der Waals surface area contributed by atoms with Crippen molar-refractivity contribution in [3.8, 4) is 0 Å². The van der Waals surface area contributed by atoms with Crippen LogP contribution in [0, 0.1) is 0 Å². The van der Waals surface area contributed by atoms with Gasteiger partial charge in [-0.1, -0.05) is 0 Å². The van der Waals surface area contributed by atoms with Crippen molar-refractivity contribution >= 4 is 33.6 Å². The Labute approximate surface area is 133 Å². The van der Waals surface area contributed by atoms with Gasteiger partial charge in [-0.3, -0.25) is 9.59 Å². The summed E-state index contributed by atoms with van der Waals surface area (Å²) in [6.45, 7) is 7.96. The van der Waals surface area contributed by atoms with Crippen LogP contribution in [0.15, 0.2) is 16.7 Å². The van der Waals surface area contributed by atoms with Crippen LogP contribution < -0.4 is 16.0 Å². The molecule has 3 N–H and O–H groups in total. The normalized spacial score (nSPS) is 11.9. The molecule has 0 radical (unpaired) electrons. The van der Waals surface area contributed by atoms with Crippen molar-refractivity contribution in [1.82, 2.24) is 15.6 Å². The molecule has 116 valence electrons. The Kier molecular flexibility index (Phi) is 6.61. The van der Waals surface area contributed by atoms with E-state index in [1.165, 1.54) is 0 Å². The number of rotatable bonds is 6. The largest absolute Gasteiger partial charge is 0.370 e. The lowest BCUT2D eigenvalue weighted by Crippen LogP contribution is -2.46. The highest BCUT2D eigenvalue weighted by molar-refractivity contribution is 9.10. The maximum absolute atomic E-state index is 12.3. The van der Waals surface area contributed by atoms with Crippen LogP contribution in [0.25, 0.3) is 0 Å². The van der Waals surface area contributed by atoms with Gasteiger partial charge in [-0.05, 0) is 49.7 Å². The minimum Gasteiger partial charge on any atom is -0.370 e. The predicted molar refractivity (Wildman–Crippen MR) is 86.3 cm³/mol. The van der Waals surface area contributed by atoms with Crippen molar-refractivity contribution in [3.63, 3.8) is 0 Å². The number of nitrogens with one attached hydrogen (secondary N) is 3. The number of carbonyl (C=O) groups is 2. The number of hydrogen-bond acceptors (Lipinski definition) is 4. The molecular formula is C14H21BrN4O2. The summed E-state index contributed by atoms with van der Waals surface area (Å²) in [4.78, 5) is 28.3. The van der Waals surface area contributed by atoms with Crippen LogP contribution in [0.2, 0.25) is 0 Å². The summed E-state index contributed by atoms with van der Waals surface area (Å²) < 4.78 is 0.702. The van der Waals surface area contributed by atoms with Crippen molar-refractivity contribution < 1.29 is 9.59 Å². The van der Waals surface area contributed by atoms with E-state index in [-0.39, 0.29) is 17.9 Å². The lowest BCUT2D eigenvalue weighted by Gasteiger charge is -2.17. The third-order valence-electron chi connectivity index (χ3n) is 2.61. The second-order valence-electron chi connectivity index (χ2n) is 4.94. The first-order chi connectivity index (χ1) is 9.85. The van der Waals surface area contributed by atoms with Gasteiger partial charge in [0.05, 0.1) is 5.56 Å². The lowest BCUT2D eigenvalue weighted by atomic mass is 10.2. The van der Waals surface area contributed by atoms with Crippen molar-refractivity contribution in [2.24, 2.45) is 0 Å².